The molecule has 0 aromatic carbocycles. The third-order valence-corrected chi connectivity index (χ3v) is 5.99. The number of carbonyl (C=O) groups excluding carboxylic acids is 1. The lowest BCUT2D eigenvalue weighted by atomic mass is 10.1. The maximum Gasteiger partial charge on any atom is 0.503 e. The van der Waals surface area contributed by atoms with E-state index in [1.807, 2.05) is 17.8 Å². The first-order chi connectivity index (χ1) is 15.5. The maximum atomic E-state index is 12.4. The predicted octanol–water partition coefficient (Wildman–Crippen LogP) is 2.49. The maximum absolute atomic E-state index is 12.4. The minimum atomic E-state index is -5.73. The van der Waals surface area contributed by atoms with Crippen molar-refractivity contribution in [2.24, 2.45) is 0 Å². The molecule has 0 saturated heterocycles. The summed E-state index contributed by atoms with van der Waals surface area (Å²) in [5, 5.41) is 0. The van der Waals surface area contributed by atoms with Crippen LogP contribution in [0.4, 0.5) is 13.2 Å². The summed E-state index contributed by atoms with van der Waals surface area (Å²) in [6, 6.07) is 0. The molecule has 0 aliphatic rings. The number of ether oxygens (including phenoxy) is 1. The number of allylic oxidation sites excluding steroid dienone is 4. The van der Waals surface area contributed by atoms with Gasteiger partial charge in [0, 0.05) is 0 Å². The van der Waals surface area contributed by atoms with Crippen LogP contribution >= 0.6 is 15.6 Å². The molecule has 0 bridgehead atoms. The molecule has 0 heterocycles. The highest BCUT2D eigenvalue weighted by atomic mass is 31.3. The second-order valence-electron chi connectivity index (χ2n) is 7.02. The van der Waals surface area contributed by atoms with E-state index in [4.69, 9.17) is 5.53 Å². The SMILES string of the molecule is CC(=CCCC(C)=CCOP(=O)([O-])OP(=O)([O-])[O-])CCC=C(C)COC(=O)C(=[N+]=[N-])C(F)(F)F. The summed E-state index contributed by atoms with van der Waals surface area (Å²) in [7, 11) is -11.0. The molecule has 16 heteroatoms. The highest BCUT2D eigenvalue weighted by Crippen LogP contribution is 2.50. The Morgan fingerprint density at radius 2 is 1.47 bits per heavy atom. The van der Waals surface area contributed by atoms with Crippen molar-refractivity contribution < 1.29 is 60.1 Å². The summed E-state index contributed by atoms with van der Waals surface area (Å²) < 4.78 is 70.7. The Morgan fingerprint density at radius 1 is 0.971 bits per heavy atom. The van der Waals surface area contributed by atoms with Crippen LogP contribution in [-0.2, 0) is 27.5 Å². The number of hydrogen-bond donors (Lipinski definition) is 0. The Labute approximate surface area is 194 Å². The van der Waals surface area contributed by atoms with Gasteiger partial charge in [-0.1, -0.05) is 29.4 Å². The number of phosphoric ester groups is 1. The molecule has 0 rings (SSSR count). The number of phosphoric acid groups is 2. The first-order valence-corrected chi connectivity index (χ1v) is 12.5. The normalized spacial score (nSPS) is 15.5. The number of rotatable bonds is 14. The summed E-state index contributed by atoms with van der Waals surface area (Å²) in [6.45, 7) is 4.21. The molecule has 0 saturated carbocycles. The minimum absolute atomic E-state index is 0.398. The third kappa shape index (κ3) is 15.9. The van der Waals surface area contributed by atoms with Gasteiger partial charge in [0.15, 0.2) is 0 Å². The van der Waals surface area contributed by atoms with Crippen molar-refractivity contribution in [1.82, 2.24) is 0 Å². The number of esters is 1. The molecule has 11 nitrogen and oxygen atoms in total. The highest BCUT2D eigenvalue weighted by Gasteiger charge is 2.51. The van der Waals surface area contributed by atoms with E-state index in [-0.39, 0.29) is 0 Å². The van der Waals surface area contributed by atoms with Crippen molar-refractivity contribution in [3.05, 3.63) is 40.5 Å². The second-order valence-corrected chi connectivity index (χ2v) is 9.72. The zero-order chi connectivity index (χ0) is 26.6. The quantitative estimate of drug-likeness (QED) is 0.0811. The van der Waals surface area contributed by atoms with Crippen LogP contribution in [-0.4, -0.2) is 35.9 Å². The number of nitrogens with zero attached hydrogens (tertiary/aromatic N) is 2. The molecule has 0 N–H and O–H groups in total. The third-order valence-electron chi connectivity index (χ3n) is 3.92. The van der Waals surface area contributed by atoms with Crippen LogP contribution in [0, 0.1) is 0 Å². The summed E-state index contributed by atoms with van der Waals surface area (Å²) in [5.41, 5.74) is 8.49. The van der Waals surface area contributed by atoms with E-state index in [0.717, 1.165) is 11.1 Å². The Hall–Kier alpha value is -1.88. The highest BCUT2D eigenvalue weighted by molar-refractivity contribution is 7.58. The molecule has 1 atom stereocenters. The lowest BCUT2D eigenvalue weighted by Crippen LogP contribution is -2.33. The van der Waals surface area contributed by atoms with Gasteiger partial charge in [0.25, 0.3) is 7.82 Å². The molecule has 0 fully saturated rings. The zero-order valence-corrected chi connectivity index (χ0v) is 20.4. The van der Waals surface area contributed by atoms with E-state index >= 15 is 0 Å². The lowest BCUT2D eigenvalue weighted by Gasteiger charge is -2.34. The molecule has 1 unspecified atom stereocenters. The Morgan fingerprint density at radius 3 is 1.94 bits per heavy atom. The second kappa shape index (κ2) is 14.5. The summed E-state index contributed by atoms with van der Waals surface area (Å²) in [6.07, 6.45) is 2.13. The monoisotopic (exact) mass is 531 g/mol. The fraction of sp³-hybridized carbons (Fsp3) is 0.556. The van der Waals surface area contributed by atoms with Gasteiger partial charge in [0.1, 0.15) is 6.61 Å². The first kappa shape index (κ1) is 32.1. The van der Waals surface area contributed by atoms with Gasteiger partial charge >= 0.3 is 17.9 Å². The average Bonchev–Trinajstić information content (AvgIpc) is 2.63. The first-order valence-electron chi connectivity index (χ1n) is 9.59. The number of halogens is 3. The largest absolute Gasteiger partial charge is 0.790 e. The number of hydrogen-bond acceptors (Lipinski definition) is 9. The van der Waals surface area contributed by atoms with E-state index in [1.54, 1.807) is 19.9 Å². The summed E-state index contributed by atoms with van der Waals surface area (Å²) in [4.78, 5) is 44.9. The van der Waals surface area contributed by atoms with E-state index in [2.05, 4.69) is 13.6 Å². The molecular weight excluding hydrogens is 507 g/mol. The zero-order valence-electron chi connectivity index (χ0n) is 18.6. The van der Waals surface area contributed by atoms with E-state index < -0.39 is 46.7 Å². The fourth-order valence-electron chi connectivity index (χ4n) is 2.23. The standard InChI is InChI=1S/C18H27F3N2O9P2/c1-13(6-4-8-14(2)10-11-31-34(28,29)32-33(25,26)27)7-5-9-15(3)12-30-17(24)16(23-22)18(19,20)21/h6,9-10H,4-5,7-8,11-12H2,1-3H3,(H,28,29)(H2,25,26,27)/p-3. The van der Waals surface area contributed by atoms with Crippen LogP contribution < -0.4 is 14.7 Å². The minimum Gasteiger partial charge on any atom is -0.790 e. The summed E-state index contributed by atoms with van der Waals surface area (Å²) >= 11 is 0. The molecular formula is C18H24F3N2O9P2-3. The van der Waals surface area contributed by atoms with Crippen molar-refractivity contribution in [2.75, 3.05) is 13.2 Å². The molecule has 0 aliphatic heterocycles. The molecule has 194 valence electrons. The van der Waals surface area contributed by atoms with Crippen molar-refractivity contribution in [1.29, 1.82) is 0 Å². The van der Waals surface area contributed by atoms with Crippen LogP contribution in [0.1, 0.15) is 46.5 Å². The lowest BCUT2D eigenvalue weighted by molar-refractivity contribution is -0.339. The van der Waals surface area contributed by atoms with E-state index in [1.165, 1.54) is 6.08 Å². The molecule has 0 aromatic heterocycles. The van der Waals surface area contributed by atoms with Crippen LogP contribution in [0.3, 0.4) is 0 Å². The average molecular weight is 531 g/mol. The molecule has 0 aliphatic carbocycles. The Bertz CT molecular complexity index is 949. The Balaban J connectivity index is 4.40. The van der Waals surface area contributed by atoms with Crippen molar-refractivity contribution in [2.45, 2.75) is 52.6 Å². The fourth-order valence-corrected chi connectivity index (χ4v) is 3.66. The smallest absolute Gasteiger partial charge is 0.503 e. The van der Waals surface area contributed by atoms with Gasteiger partial charge in [-0.25, -0.2) is 4.79 Å². The van der Waals surface area contributed by atoms with Crippen LogP contribution in [0.2, 0.25) is 0 Å². The summed E-state index contributed by atoms with van der Waals surface area (Å²) in [5.74, 6) is -1.78. The molecule has 0 spiro atoms. The topological polar surface area (TPSA) is 184 Å². The van der Waals surface area contributed by atoms with E-state index in [9.17, 15) is 41.8 Å². The number of carbonyl (C=O) groups is 1. The van der Waals surface area contributed by atoms with Crippen molar-refractivity contribution >= 4 is 27.3 Å². The molecule has 0 radical (unpaired) electrons. The van der Waals surface area contributed by atoms with Gasteiger partial charge < -0.3 is 34.0 Å². The van der Waals surface area contributed by atoms with Crippen molar-refractivity contribution in [3.63, 3.8) is 0 Å². The van der Waals surface area contributed by atoms with Crippen LogP contribution in [0.25, 0.3) is 5.53 Å². The van der Waals surface area contributed by atoms with Gasteiger partial charge in [0.2, 0.25) is 0 Å². The van der Waals surface area contributed by atoms with Gasteiger partial charge in [-0.05, 0) is 52.0 Å². The van der Waals surface area contributed by atoms with Gasteiger partial charge in [0.05, 0.1) is 14.4 Å². The van der Waals surface area contributed by atoms with Crippen molar-refractivity contribution in [3.8, 4) is 0 Å². The molecule has 0 amide bonds. The van der Waals surface area contributed by atoms with Crippen LogP contribution in [0.15, 0.2) is 34.9 Å². The van der Waals surface area contributed by atoms with Gasteiger partial charge in [-0.2, -0.15) is 18.0 Å². The van der Waals surface area contributed by atoms with Gasteiger partial charge in [-0.15, -0.1) is 0 Å². The molecule has 0 aromatic rings. The Kier molecular flexibility index (Phi) is 13.7. The predicted molar refractivity (Wildman–Crippen MR) is 108 cm³/mol. The van der Waals surface area contributed by atoms with Gasteiger partial charge in [-0.3, -0.25) is 8.88 Å². The van der Waals surface area contributed by atoms with E-state index in [0.29, 0.717) is 31.3 Å². The number of alkyl halides is 3. The van der Waals surface area contributed by atoms with Crippen LogP contribution in [0.5, 0.6) is 0 Å². The molecule has 34 heavy (non-hydrogen) atoms.